The van der Waals surface area contributed by atoms with Gasteiger partial charge in [0.1, 0.15) is 6.10 Å². The highest BCUT2D eigenvalue weighted by atomic mass is 19.1. The molecule has 5 nitrogen and oxygen atoms in total. The van der Waals surface area contributed by atoms with Crippen molar-refractivity contribution in [3.05, 3.63) is 35.9 Å². The molecule has 0 amide bonds. The second-order valence-corrected chi connectivity index (χ2v) is 4.14. The number of hydrogen-bond acceptors (Lipinski definition) is 5. The van der Waals surface area contributed by atoms with Gasteiger partial charge in [0.05, 0.1) is 12.2 Å². The van der Waals surface area contributed by atoms with Gasteiger partial charge in [-0.3, -0.25) is 0 Å². The van der Waals surface area contributed by atoms with Gasteiger partial charge < -0.3 is 19.3 Å². The van der Waals surface area contributed by atoms with Crippen LogP contribution in [0.5, 0.6) is 0 Å². The van der Waals surface area contributed by atoms with Crippen LogP contribution in [0.15, 0.2) is 30.3 Å². The van der Waals surface area contributed by atoms with Crippen LogP contribution in [0.4, 0.5) is 4.39 Å². The second kappa shape index (κ2) is 6.10. The maximum atomic E-state index is 13.9. The molecule has 1 aromatic rings. The maximum Gasteiger partial charge on any atom is 0.338 e. The van der Waals surface area contributed by atoms with Gasteiger partial charge in [-0.25, -0.2) is 9.18 Å². The van der Waals surface area contributed by atoms with Gasteiger partial charge in [0, 0.05) is 7.11 Å². The Bertz CT molecular complexity index is 422. The van der Waals surface area contributed by atoms with Crippen molar-refractivity contribution >= 4 is 5.97 Å². The number of hydrogen-bond donors (Lipinski definition) is 1. The summed E-state index contributed by atoms with van der Waals surface area (Å²) in [5, 5.41) is 9.11. The molecule has 1 fully saturated rings. The molecule has 1 N–H and O–H groups in total. The fourth-order valence-electron chi connectivity index (χ4n) is 1.92. The fourth-order valence-corrected chi connectivity index (χ4v) is 1.92. The molecule has 6 heteroatoms. The first-order valence-corrected chi connectivity index (χ1v) is 5.86. The fraction of sp³-hybridized carbons (Fsp3) is 0.462. The zero-order chi connectivity index (χ0) is 13.8. The molecule has 1 aromatic carbocycles. The van der Waals surface area contributed by atoms with E-state index in [0.29, 0.717) is 5.56 Å². The molecule has 0 radical (unpaired) electrons. The van der Waals surface area contributed by atoms with E-state index in [1.165, 1.54) is 7.11 Å². The van der Waals surface area contributed by atoms with Crippen molar-refractivity contribution in [2.75, 3.05) is 13.7 Å². The molecule has 2 rings (SSSR count). The summed E-state index contributed by atoms with van der Waals surface area (Å²) in [7, 11) is 1.28. The standard InChI is InChI=1S/C13H15FO5/c1-17-13-10(14)11(9(7-15)18-13)19-12(16)8-5-3-2-4-6-8/h2-6,9-11,13,15H,7H2,1H3/t9-,10-,11+,13-/m1/s1. The van der Waals surface area contributed by atoms with Crippen molar-refractivity contribution in [3.8, 4) is 0 Å². The van der Waals surface area contributed by atoms with Gasteiger partial charge in [0.15, 0.2) is 18.6 Å². The van der Waals surface area contributed by atoms with Crippen LogP contribution in [-0.2, 0) is 14.2 Å². The summed E-state index contributed by atoms with van der Waals surface area (Å²) in [6.45, 7) is -0.451. The Labute approximate surface area is 109 Å². The van der Waals surface area contributed by atoms with E-state index < -0.39 is 37.2 Å². The Morgan fingerprint density at radius 1 is 1.42 bits per heavy atom. The third-order valence-electron chi connectivity index (χ3n) is 2.91. The molecule has 0 saturated carbocycles. The minimum atomic E-state index is -1.63. The lowest BCUT2D eigenvalue weighted by Gasteiger charge is -2.17. The first-order valence-electron chi connectivity index (χ1n) is 5.86. The topological polar surface area (TPSA) is 65.0 Å². The number of benzene rings is 1. The number of carbonyl (C=O) groups excluding carboxylic acids is 1. The van der Waals surface area contributed by atoms with Crippen LogP contribution in [0.2, 0.25) is 0 Å². The largest absolute Gasteiger partial charge is 0.453 e. The van der Waals surface area contributed by atoms with Crippen molar-refractivity contribution in [1.82, 2.24) is 0 Å². The van der Waals surface area contributed by atoms with Gasteiger partial charge in [-0.05, 0) is 12.1 Å². The number of esters is 1. The third kappa shape index (κ3) is 2.91. The van der Waals surface area contributed by atoms with Crippen molar-refractivity contribution in [1.29, 1.82) is 0 Å². The highest BCUT2D eigenvalue weighted by Crippen LogP contribution is 2.27. The number of aliphatic hydroxyl groups excluding tert-OH is 1. The molecular weight excluding hydrogens is 255 g/mol. The van der Waals surface area contributed by atoms with Gasteiger partial charge in [-0.15, -0.1) is 0 Å². The Morgan fingerprint density at radius 3 is 2.68 bits per heavy atom. The summed E-state index contributed by atoms with van der Waals surface area (Å²) in [4.78, 5) is 11.8. The Kier molecular flexibility index (Phi) is 4.47. The summed E-state index contributed by atoms with van der Waals surface area (Å²) >= 11 is 0. The van der Waals surface area contributed by atoms with E-state index in [0.717, 1.165) is 0 Å². The van der Waals surface area contributed by atoms with Gasteiger partial charge in [0.2, 0.25) is 0 Å². The molecule has 0 unspecified atom stereocenters. The maximum absolute atomic E-state index is 13.9. The summed E-state index contributed by atoms with van der Waals surface area (Å²) in [6.07, 6.45) is -4.86. The van der Waals surface area contributed by atoms with Crippen LogP contribution < -0.4 is 0 Å². The molecular formula is C13H15FO5. The number of halogens is 1. The van der Waals surface area contributed by atoms with Crippen molar-refractivity contribution < 1.29 is 28.5 Å². The van der Waals surface area contributed by atoms with Crippen molar-refractivity contribution in [3.63, 3.8) is 0 Å². The smallest absolute Gasteiger partial charge is 0.338 e. The predicted octanol–water partition coefficient (Wildman–Crippen LogP) is 0.914. The van der Waals surface area contributed by atoms with Crippen LogP contribution >= 0.6 is 0 Å². The molecule has 1 heterocycles. The first kappa shape index (κ1) is 13.9. The monoisotopic (exact) mass is 270 g/mol. The normalized spacial score (nSPS) is 30.3. The van der Waals surface area contributed by atoms with Crippen LogP contribution in [0.25, 0.3) is 0 Å². The molecule has 0 aromatic heterocycles. The average Bonchev–Trinajstić information content (AvgIpc) is 2.76. The van der Waals surface area contributed by atoms with Crippen molar-refractivity contribution in [2.45, 2.75) is 24.7 Å². The minimum Gasteiger partial charge on any atom is -0.453 e. The van der Waals surface area contributed by atoms with E-state index in [9.17, 15) is 9.18 Å². The Balaban J connectivity index is 2.07. The van der Waals surface area contributed by atoms with Gasteiger partial charge in [-0.2, -0.15) is 0 Å². The molecule has 4 atom stereocenters. The Hall–Kier alpha value is -1.50. The molecule has 19 heavy (non-hydrogen) atoms. The lowest BCUT2D eigenvalue weighted by molar-refractivity contribution is -0.141. The number of carbonyl (C=O) groups is 1. The molecule has 1 aliphatic heterocycles. The van der Waals surface area contributed by atoms with E-state index in [1.807, 2.05) is 0 Å². The van der Waals surface area contributed by atoms with Gasteiger partial charge >= 0.3 is 5.97 Å². The lowest BCUT2D eigenvalue weighted by atomic mass is 10.1. The average molecular weight is 270 g/mol. The molecule has 1 aliphatic rings. The van der Waals surface area contributed by atoms with E-state index >= 15 is 0 Å². The van der Waals surface area contributed by atoms with E-state index in [-0.39, 0.29) is 0 Å². The summed E-state index contributed by atoms with van der Waals surface area (Å²) < 4.78 is 28.9. The second-order valence-electron chi connectivity index (χ2n) is 4.14. The zero-order valence-electron chi connectivity index (χ0n) is 10.4. The molecule has 0 bridgehead atoms. The zero-order valence-corrected chi connectivity index (χ0v) is 10.4. The molecule has 0 spiro atoms. The molecule has 0 aliphatic carbocycles. The molecule has 1 saturated heterocycles. The van der Waals surface area contributed by atoms with Crippen molar-refractivity contribution in [2.24, 2.45) is 0 Å². The van der Waals surface area contributed by atoms with E-state index in [2.05, 4.69) is 0 Å². The quantitative estimate of drug-likeness (QED) is 0.824. The summed E-state index contributed by atoms with van der Waals surface area (Å²) in [5.41, 5.74) is 0.312. The Morgan fingerprint density at radius 2 is 2.11 bits per heavy atom. The summed E-state index contributed by atoms with van der Waals surface area (Å²) in [6, 6.07) is 8.23. The number of methoxy groups -OCH3 is 1. The number of ether oxygens (including phenoxy) is 3. The van der Waals surface area contributed by atoms with Gasteiger partial charge in [-0.1, -0.05) is 18.2 Å². The van der Waals surface area contributed by atoms with Gasteiger partial charge in [0.25, 0.3) is 0 Å². The number of aliphatic hydroxyl groups is 1. The number of rotatable bonds is 4. The first-order chi connectivity index (χ1) is 9.17. The molecule has 104 valence electrons. The SMILES string of the molecule is CO[C@@H]1O[C@H](CO)[C@H](OC(=O)c2ccccc2)[C@H]1F. The lowest BCUT2D eigenvalue weighted by Crippen LogP contribution is -2.36. The summed E-state index contributed by atoms with van der Waals surface area (Å²) in [5.74, 6) is -0.660. The van der Waals surface area contributed by atoms with Crippen LogP contribution in [-0.4, -0.2) is 49.5 Å². The van der Waals surface area contributed by atoms with Crippen LogP contribution in [0.3, 0.4) is 0 Å². The highest BCUT2D eigenvalue weighted by molar-refractivity contribution is 5.89. The number of alkyl halides is 1. The predicted molar refractivity (Wildman–Crippen MR) is 63.3 cm³/mol. The third-order valence-corrected chi connectivity index (χ3v) is 2.91. The van der Waals surface area contributed by atoms with Crippen LogP contribution in [0, 0.1) is 0 Å². The minimum absolute atomic E-state index is 0.312. The highest BCUT2D eigenvalue weighted by Gasteiger charge is 2.47. The van der Waals surface area contributed by atoms with E-state index in [4.69, 9.17) is 19.3 Å². The van der Waals surface area contributed by atoms with Crippen LogP contribution in [0.1, 0.15) is 10.4 Å². The van der Waals surface area contributed by atoms with E-state index in [1.54, 1.807) is 30.3 Å².